The van der Waals surface area contributed by atoms with Crippen molar-refractivity contribution in [3.05, 3.63) is 41.7 Å². The summed E-state index contributed by atoms with van der Waals surface area (Å²) >= 11 is 0. The highest BCUT2D eigenvalue weighted by atomic mass is 19.2. The molecule has 0 unspecified atom stereocenters. The molecule has 0 aliphatic heterocycles. The van der Waals surface area contributed by atoms with Crippen LogP contribution in [0.4, 0.5) is 8.78 Å². The van der Waals surface area contributed by atoms with Crippen LogP contribution in [-0.2, 0) is 4.74 Å². The Morgan fingerprint density at radius 1 is 1.20 bits per heavy atom. The van der Waals surface area contributed by atoms with E-state index in [1.807, 2.05) is 0 Å². The van der Waals surface area contributed by atoms with E-state index in [2.05, 4.69) is 6.92 Å². The molecule has 3 nitrogen and oxygen atoms in total. The number of hydrogen-bond acceptors (Lipinski definition) is 3. The predicted molar refractivity (Wildman–Crippen MR) is 92.5 cm³/mol. The van der Waals surface area contributed by atoms with Crippen LogP contribution in [0.5, 0.6) is 5.75 Å². The predicted octanol–water partition coefficient (Wildman–Crippen LogP) is 5.78. The van der Waals surface area contributed by atoms with Gasteiger partial charge >= 0.3 is 5.97 Å². The Labute approximate surface area is 148 Å². The maximum Gasteiger partial charge on any atom is 0.341 e. The minimum absolute atomic E-state index is 0.216. The lowest BCUT2D eigenvalue weighted by molar-refractivity contribution is 0.0155. The quantitative estimate of drug-likeness (QED) is 0.461. The first-order valence-corrected chi connectivity index (χ1v) is 9.03. The lowest BCUT2D eigenvalue weighted by atomic mass is 9.84. The molecular formula is C20H26F2O3. The Kier molecular flexibility index (Phi) is 7.41. The summed E-state index contributed by atoms with van der Waals surface area (Å²) in [7, 11) is 0. The van der Waals surface area contributed by atoms with Gasteiger partial charge in [0.25, 0.3) is 0 Å². The van der Waals surface area contributed by atoms with E-state index < -0.39 is 23.2 Å². The first-order chi connectivity index (χ1) is 12.1. The van der Waals surface area contributed by atoms with Crippen molar-refractivity contribution in [2.45, 2.75) is 64.9 Å². The van der Waals surface area contributed by atoms with E-state index in [1.54, 1.807) is 13.0 Å². The van der Waals surface area contributed by atoms with E-state index in [0.717, 1.165) is 25.7 Å². The summed E-state index contributed by atoms with van der Waals surface area (Å²) < 4.78 is 38.4. The van der Waals surface area contributed by atoms with E-state index in [1.165, 1.54) is 37.7 Å². The summed E-state index contributed by atoms with van der Waals surface area (Å²) in [4.78, 5) is 12.2. The fraction of sp³-hybridized carbons (Fsp3) is 0.550. The van der Waals surface area contributed by atoms with E-state index >= 15 is 0 Å². The van der Waals surface area contributed by atoms with Crippen LogP contribution in [0.25, 0.3) is 0 Å². The summed E-state index contributed by atoms with van der Waals surface area (Å²) in [6.45, 7) is 3.87. The van der Waals surface area contributed by atoms with E-state index in [-0.39, 0.29) is 11.9 Å². The number of esters is 1. The zero-order valence-corrected chi connectivity index (χ0v) is 14.9. The summed E-state index contributed by atoms with van der Waals surface area (Å²) in [6, 6.07) is 2.43. The second-order valence-electron chi connectivity index (χ2n) is 6.52. The van der Waals surface area contributed by atoms with Crippen LogP contribution in [0.2, 0.25) is 0 Å². The molecule has 0 saturated heterocycles. The number of hydrogen-bond donors (Lipinski definition) is 0. The maximum absolute atomic E-state index is 14.1. The third kappa shape index (κ3) is 5.28. The van der Waals surface area contributed by atoms with Crippen LogP contribution in [0.3, 0.4) is 0 Å². The molecule has 2 rings (SSSR count). The minimum atomic E-state index is -1.23. The molecule has 0 amide bonds. The summed E-state index contributed by atoms with van der Waals surface area (Å²) in [5, 5.41) is 0. The van der Waals surface area contributed by atoms with Gasteiger partial charge in [0.2, 0.25) is 5.82 Å². The van der Waals surface area contributed by atoms with E-state index in [9.17, 15) is 13.6 Å². The molecule has 0 aromatic heterocycles. The van der Waals surface area contributed by atoms with Crippen molar-refractivity contribution in [2.24, 2.45) is 5.92 Å². The largest absolute Gasteiger partial charge is 0.462 e. The van der Waals surface area contributed by atoms with Gasteiger partial charge in [-0.3, -0.25) is 0 Å². The van der Waals surface area contributed by atoms with Gasteiger partial charge in [0, 0.05) is 0 Å². The number of allylic oxidation sites excluding steroid dienone is 1. The normalized spacial score (nSPS) is 20.6. The van der Waals surface area contributed by atoms with Gasteiger partial charge in [-0.05, 0) is 50.7 Å². The second kappa shape index (κ2) is 9.54. The summed E-state index contributed by atoms with van der Waals surface area (Å²) in [5.41, 5.74) is -0.390. The van der Waals surface area contributed by atoms with Gasteiger partial charge in [-0.1, -0.05) is 32.3 Å². The standard InChI is InChI=1S/C20H26F2O3/c1-3-5-6-14-7-9-15(10-8-14)25-20(23)16-11-12-17(24-13-4-2)19(22)18(16)21/h4,11-15H,3,5-10H2,1-2H3/b13-4+. The maximum atomic E-state index is 14.1. The molecule has 0 spiro atoms. The highest BCUT2D eigenvalue weighted by molar-refractivity contribution is 5.90. The summed E-state index contributed by atoms with van der Waals surface area (Å²) in [5.74, 6) is -2.80. The number of rotatable bonds is 7. The van der Waals surface area contributed by atoms with Crippen molar-refractivity contribution in [1.82, 2.24) is 0 Å². The second-order valence-corrected chi connectivity index (χ2v) is 6.52. The molecule has 5 heteroatoms. The first-order valence-electron chi connectivity index (χ1n) is 9.03. The van der Waals surface area contributed by atoms with Gasteiger partial charge in [0.15, 0.2) is 11.6 Å². The molecule has 1 fully saturated rings. The molecular weight excluding hydrogens is 326 g/mol. The zero-order valence-electron chi connectivity index (χ0n) is 14.9. The number of unbranched alkanes of at least 4 members (excludes halogenated alkanes) is 1. The van der Waals surface area contributed by atoms with Crippen LogP contribution in [0.1, 0.15) is 69.2 Å². The number of benzene rings is 1. The topological polar surface area (TPSA) is 35.5 Å². The van der Waals surface area contributed by atoms with Gasteiger partial charge in [-0.2, -0.15) is 4.39 Å². The minimum Gasteiger partial charge on any atom is -0.462 e. The zero-order chi connectivity index (χ0) is 18.2. The van der Waals surface area contributed by atoms with Gasteiger partial charge < -0.3 is 9.47 Å². The molecule has 0 radical (unpaired) electrons. The van der Waals surface area contributed by atoms with Crippen LogP contribution in [-0.4, -0.2) is 12.1 Å². The van der Waals surface area contributed by atoms with Crippen LogP contribution < -0.4 is 4.74 Å². The lowest BCUT2D eigenvalue weighted by Gasteiger charge is -2.28. The molecule has 0 atom stereocenters. The number of ether oxygens (including phenoxy) is 2. The highest BCUT2D eigenvalue weighted by Crippen LogP contribution is 2.31. The van der Waals surface area contributed by atoms with Crippen LogP contribution in [0.15, 0.2) is 24.5 Å². The average molecular weight is 352 g/mol. The van der Waals surface area contributed by atoms with Crippen LogP contribution in [0, 0.1) is 17.6 Å². The molecule has 1 aromatic rings. The molecule has 1 aliphatic carbocycles. The smallest absolute Gasteiger partial charge is 0.341 e. The highest BCUT2D eigenvalue weighted by Gasteiger charge is 2.26. The van der Waals surface area contributed by atoms with Gasteiger partial charge in [0.05, 0.1) is 11.8 Å². The van der Waals surface area contributed by atoms with E-state index in [0.29, 0.717) is 5.92 Å². The number of carbonyl (C=O) groups is 1. The molecule has 1 aliphatic rings. The van der Waals surface area contributed by atoms with Crippen molar-refractivity contribution in [3.63, 3.8) is 0 Å². The van der Waals surface area contributed by atoms with Gasteiger partial charge in [-0.15, -0.1) is 0 Å². The molecule has 0 bridgehead atoms. The molecule has 0 N–H and O–H groups in total. The Morgan fingerprint density at radius 3 is 2.56 bits per heavy atom. The molecule has 1 saturated carbocycles. The Bertz CT molecular complexity index is 605. The lowest BCUT2D eigenvalue weighted by Crippen LogP contribution is -2.25. The Hall–Kier alpha value is -1.91. The van der Waals surface area contributed by atoms with Crippen LogP contribution >= 0.6 is 0 Å². The fourth-order valence-corrected chi connectivity index (χ4v) is 3.17. The molecule has 138 valence electrons. The molecule has 1 aromatic carbocycles. The number of halogens is 2. The van der Waals surface area contributed by atoms with E-state index in [4.69, 9.17) is 9.47 Å². The van der Waals surface area contributed by atoms with Crippen molar-refractivity contribution >= 4 is 5.97 Å². The van der Waals surface area contributed by atoms with Crippen molar-refractivity contribution in [3.8, 4) is 5.75 Å². The fourth-order valence-electron chi connectivity index (χ4n) is 3.17. The monoisotopic (exact) mass is 352 g/mol. The van der Waals surface area contributed by atoms with Crippen molar-refractivity contribution < 1.29 is 23.0 Å². The average Bonchev–Trinajstić information content (AvgIpc) is 2.62. The van der Waals surface area contributed by atoms with Gasteiger partial charge in [-0.25, -0.2) is 9.18 Å². The Balaban J connectivity index is 1.94. The number of carbonyl (C=O) groups excluding carboxylic acids is 1. The summed E-state index contributed by atoms with van der Waals surface area (Å²) in [6.07, 6.45) is 9.81. The SMILES string of the molecule is C/C=C/Oc1ccc(C(=O)OC2CCC(CCCC)CC2)c(F)c1F. The third-order valence-electron chi connectivity index (χ3n) is 4.63. The molecule has 0 heterocycles. The first kappa shape index (κ1) is 19.4. The third-order valence-corrected chi connectivity index (χ3v) is 4.63. The Morgan fingerprint density at radius 2 is 1.92 bits per heavy atom. The van der Waals surface area contributed by atoms with Gasteiger partial charge in [0.1, 0.15) is 6.10 Å². The van der Waals surface area contributed by atoms with Crippen molar-refractivity contribution in [1.29, 1.82) is 0 Å². The molecule has 25 heavy (non-hydrogen) atoms. The van der Waals surface area contributed by atoms with Crippen molar-refractivity contribution in [2.75, 3.05) is 0 Å².